The molecule has 1 fully saturated rings. The Morgan fingerprint density at radius 1 is 1.17 bits per heavy atom. The molecule has 12 heavy (non-hydrogen) atoms. The zero-order valence-corrected chi connectivity index (χ0v) is 8.05. The highest BCUT2D eigenvalue weighted by atomic mass is 16.1. The predicted octanol–water partition coefficient (Wildman–Crippen LogP) is 2.57. The molecule has 2 rings (SSSR count). The van der Waals surface area contributed by atoms with Gasteiger partial charge in [0.1, 0.15) is 6.29 Å². The molecule has 1 saturated carbocycles. The van der Waals surface area contributed by atoms with E-state index in [9.17, 15) is 4.79 Å². The highest BCUT2D eigenvalue weighted by Gasteiger charge is 2.62. The van der Waals surface area contributed by atoms with Crippen molar-refractivity contribution in [1.29, 1.82) is 0 Å². The summed E-state index contributed by atoms with van der Waals surface area (Å²) in [6, 6.07) is 0. The lowest BCUT2D eigenvalue weighted by Crippen LogP contribution is -2.36. The van der Waals surface area contributed by atoms with Crippen LogP contribution in [0.4, 0.5) is 0 Å². The van der Waals surface area contributed by atoms with Crippen LogP contribution in [-0.2, 0) is 4.79 Å². The molecular formula is C11H16O. The predicted molar refractivity (Wildman–Crippen MR) is 48.8 cm³/mol. The van der Waals surface area contributed by atoms with Gasteiger partial charge in [-0.05, 0) is 23.7 Å². The SMILES string of the molecule is CC12C=CC(C=O)(CC1)C2(C)C. The largest absolute Gasteiger partial charge is 0.302 e. The molecule has 66 valence electrons. The van der Waals surface area contributed by atoms with Crippen LogP contribution in [0.3, 0.4) is 0 Å². The molecule has 0 heterocycles. The van der Waals surface area contributed by atoms with Crippen molar-refractivity contribution in [2.45, 2.75) is 33.6 Å². The number of aldehydes is 1. The van der Waals surface area contributed by atoms with E-state index < -0.39 is 0 Å². The number of fused-ring (bicyclic) bond motifs is 2. The van der Waals surface area contributed by atoms with Crippen molar-refractivity contribution in [3.63, 3.8) is 0 Å². The van der Waals surface area contributed by atoms with E-state index in [4.69, 9.17) is 0 Å². The van der Waals surface area contributed by atoms with E-state index >= 15 is 0 Å². The Hall–Kier alpha value is -0.590. The summed E-state index contributed by atoms with van der Waals surface area (Å²) >= 11 is 0. The number of hydrogen-bond donors (Lipinski definition) is 0. The first kappa shape index (κ1) is 8.03. The highest BCUT2D eigenvalue weighted by Crippen LogP contribution is 2.67. The van der Waals surface area contributed by atoms with Crippen LogP contribution in [0, 0.1) is 16.2 Å². The minimum Gasteiger partial charge on any atom is -0.302 e. The first-order chi connectivity index (χ1) is 5.47. The van der Waals surface area contributed by atoms with Crippen molar-refractivity contribution in [2.24, 2.45) is 16.2 Å². The van der Waals surface area contributed by atoms with Gasteiger partial charge in [0.15, 0.2) is 0 Å². The fraction of sp³-hybridized carbons (Fsp3) is 0.727. The minimum atomic E-state index is -0.151. The van der Waals surface area contributed by atoms with Gasteiger partial charge in [-0.2, -0.15) is 0 Å². The molecule has 2 unspecified atom stereocenters. The van der Waals surface area contributed by atoms with Crippen molar-refractivity contribution in [2.75, 3.05) is 0 Å². The summed E-state index contributed by atoms with van der Waals surface area (Å²) in [5.74, 6) is 0. The standard InChI is InChI=1S/C11H16O/c1-9(2)10(3)4-6-11(9,8-12)7-5-10/h4,6,8H,5,7H2,1-3H3. The third kappa shape index (κ3) is 0.562. The zero-order valence-electron chi connectivity index (χ0n) is 8.05. The van der Waals surface area contributed by atoms with Gasteiger partial charge in [0.2, 0.25) is 0 Å². The number of carbonyl (C=O) groups excluding carboxylic acids is 1. The van der Waals surface area contributed by atoms with Crippen molar-refractivity contribution < 1.29 is 4.79 Å². The maximum Gasteiger partial charge on any atom is 0.130 e. The average molecular weight is 164 g/mol. The third-order valence-corrected chi connectivity index (χ3v) is 4.61. The lowest BCUT2D eigenvalue weighted by atomic mass is 9.65. The fourth-order valence-electron chi connectivity index (χ4n) is 2.78. The van der Waals surface area contributed by atoms with Gasteiger partial charge in [0.05, 0.1) is 0 Å². The van der Waals surface area contributed by atoms with Gasteiger partial charge >= 0.3 is 0 Å². The maximum atomic E-state index is 11.1. The lowest BCUT2D eigenvalue weighted by Gasteiger charge is -2.38. The van der Waals surface area contributed by atoms with Gasteiger partial charge in [-0.1, -0.05) is 32.9 Å². The summed E-state index contributed by atoms with van der Waals surface area (Å²) in [4.78, 5) is 11.1. The van der Waals surface area contributed by atoms with Gasteiger partial charge in [-0.15, -0.1) is 0 Å². The highest BCUT2D eigenvalue weighted by molar-refractivity contribution is 5.68. The van der Waals surface area contributed by atoms with Crippen molar-refractivity contribution >= 4 is 6.29 Å². The Bertz CT molecular complexity index is 264. The summed E-state index contributed by atoms with van der Waals surface area (Å²) in [5.41, 5.74) is 0.234. The summed E-state index contributed by atoms with van der Waals surface area (Å²) < 4.78 is 0. The van der Waals surface area contributed by atoms with Gasteiger partial charge in [-0.3, -0.25) is 0 Å². The molecule has 0 N–H and O–H groups in total. The molecule has 0 radical (unpaired) electrons. The number of carbonyl (C=O) groups is 1. The molecule has 2 atom stereocenters. The van der Waals surface area contributed by atoms with Crippen molar-refractivity contribution in [1.82, 2.24) is 0 Å². The Balaban J connectivity index is 2.56. The summed E-state index contributed by atoms with van der Waals surface area (Å²) in [5, 5.41) is 0. The molecule has 0 spiro atoms. The van der Waals surface area contributed by atoms with Crippen LogP contribution in [0.2, 0.25) is 0 Å². The summed E-state index contributed by atoms with van der Waals surface area (Å²) in [6.07, 6.45) is 7.72. The molecule has 2 aliphatic carbocycles. The smallest absolute Gasteiger partial charge is 0.130 e. The minimum absolute atomic E-state index is 0.127. The van der Waals surface area contributed by atoms with Crippen LogP contribution < -0.4 is 0 Å². The Kier molecular flexibility index (Phi) is 1.23. The molecule has 0 saturated heterocycles. The van der Waals surface area contributed by atoms with E-state index in [1.807, 2.05) is 0 Å². The molecule has 0 aromatic heterocycles. The van der Waals surface area contributed by atoms with Crippen LogP contribution in [0.25, 0.3) is 0 Å². The van der Waals surface area contributed by atoms with Crippen LogP contribution in [0.15, 0.2) is 12.2 Å². The van der Waals surface area contributed by atoms with E-state index in [0.717, 1.165) is 19.1 Å². The van der Waals surface area contributed by atoms with Gasteiger partial charge in [-0.25, -0.2) is 0 Å². The van der Waals surface area contributed by atoms with Crippen LogP contribution in [0.5, 0.6) is 0 Å². The third-order valence-electron chi connectivity index (χ3n) is 4.61. The summed E-state index contributed by atoms with van der Waals surface area (Å²) in [6.45, 7) is 6.70. The second kappa shape index (κ2) is 1.84. The first-order valence-electron chi connectivity index (χ1n) is 4.64. The lowest BCUT2D eigenvalue weighted by molar-refractivity contribution is -0.118. The second-order valence-corrected chi connectivity index (χ2v) is 5.03. The monoisotopic (exact) mass is 164 g/mol. The number of allylic oxidation sites excluding steroid dienone is 2. The molecule has 0 amide bonds. The molecular weight excluding hydrogens is 148 g/mol. The molecule has 0 aromatic carbocycles. The van der Waals surface area contributed by atoms with Gasteiger partial charge in [0, 0.05) is 5.41 Å². The molecule has 0 aliphatic heterocycles. The number of rotatable bonds is 1. The van der Waals surface area contributed by atoms with Crippen LogP contribution in [-0.4, -0.2) is 6.29 Å². The first-order valence-corrected chi connectivity index (χ1v) is 4.64. The van der Waals surface area contributed by atoms with Crippen LogP contribution >= 0.6 is 0 Å². The van der Waals surface area contributed by atoms with E-state index in [-0.39, 0.29) is 16.2 Å². The maximum absolute atomic E-state index is 11.1. The van der Waals surface area contributed by atoms with Gasteiger partial charge < -0.3 is 4.79 Å². The zero-order chi connectivity index (χ0) is 9.04. The van der Waals surface area contributed by atoms with Gasteiger partial charge in [0.25, 0.3) is 0 Å². The van der Waals surface area contributed by atoms with E-state index in [0.29, 0.717) is 0 Å². The van der Waals surface area contributed by atoms with Crippen molar-refractivity contribution in [3.8, 4) is 0 Å². The summed E-state index contributed by atoms with van der Waals surface area (Å²) in [7, 11) is 0. The molecule has 0 aromatic rings. The topological polar surface area (TPSA) is 17.1 Å². The van der Waals surface area contributed by atoms with E-state index in [1.54, 1.807) is 0 Å². The normalized spacial score (nSPS) is 48.2. The molecule has 2 bridgehead atoms. The quantitative estimate of drug-likeness (QED) is 0.430. The van der Waals surface area contributed by atoms with E-state index in [1.165, 1.54) is 0 Å². The fourth-order valence-corrected chi connectivity index (χ4v) is 2.78. The Morgan fingerprint density at radius 3 is 2.00 bits per heavy atom. The molecule has 2 aliphatic rings. The van der Waals surface area contributed by atoms with Crippen molar-refractivity contribution in [3.05, 3.63) is 12.2 Å². The molecule has 1 nitrogen and oxygen atoms in total. The molecule has 1 heteroatoms. The second-order valence-electron chi connectivity index (χ2n) is 5.03. The number of hydrogen-bond acceptors (Lipinski definition) is 1. The van der Waals surface area contributed by atoms with Crippen LogP contribution in [0.1, 0.15) is 33.6 Å². The van der Waals surface area contributed by atoms with E-state index in [2.05, 4.69) is 32.9 Å². The Labute approximate surface area is 73.8 Å². The average Bonchev–Trinajstić information content (AvgIpc) is 2.34. The Morgan fingerprint density at radius 2 is 1.83 bits per heavy atom.